The van der Waals surface area contributed by atoms with E-state index in [0.717, 1.165) is 5.56 Å². The highest BCUT2D eigenvalue weighted by Crippen LogP contribution is 2.37. The first-order valence-electron chi connectivity index (χ1n) is 7.77. The molecule has 0 spiro atoms. The van der Waals surface area contributed by atoms with Gasteiger partial charge in [0, 0.05) is 0 Å². The van der Waals surface area contributed by atoms with Gasteiger partial charge < -0.3 is 4.74 Å². The fourth-order valence-corrected chi connectivity index (χ4v) is 2.37. The lowest BCUT2D eigenvalue weighted by molar-refractivity contribution is -0.142. The summed E-state index contributed by atoms with van der Waals surface area (Å²) in [6.07, 6.45) is -4.66. The summed E-state index contributed by atoms with van der Waals surface area (Å²) < 4.78 is 45.4. The van der Waals surface area contributed by atoms with Gasteiger partial charge in [-0.1, -0.05) is 45.0 Å². The average Bonchev–Trinajstić information content (AvgIpc) is 2.53. The molecule has 0 bridgehead atoms. The van der Waals surface area contributed by atoms with Crippen LogP contribution in [0.3, 0.4) is 0 Å². The maximum absolute atomic E-state index is 13.3. The van der Waals surface area contributed by atoms with Crippen molar-refractivity contribution in [2.45, 2.75) is 32.4 Å². The average molecular weight is 346 g/mol. The van der Waals surface area contributed by atoms with Gasteiger partial charge in [-0.15, -0.1) is 0 Å². The molecular weight excluding hydrogens is 329 g/mol. The Morgan fingerprint density at radius 2 is 1.36 bits per heavy atom. The van der Waals surface area contributed by atoms with Gasteiger partial charge in [-0.3, -0.25) is 0 Å². The van der Waals surface area contributed by atoms with Gasteiger partial charge >= 0.3 is 6.18 Å². The SMILES string of the molecule is CC(C)(C)c1ccc(Oc2nc3ccccc3nc2C(F)(F)F)cc1. The lowest BCUT2D eigenvalue weighted by Gasteiger charge is -2.19. The second kappa shape index (κ2) is 6.02. The molecule has 0 fully saturated rings. The fourth-order valence-electron chi connectivity index (χ4n) is 2.37. The maximum atomic E-state index is 13.3. The summed E-state index contributed by atoms with van der Waals surface area (Å²) in [4.78, 5) is 7.69. The second-order valence-electron chi connectivity index (χ2n) is 6.74. The minimum Gasteiger partial charge on any atom is -0.437 e. The number of ether oxygens (including phenoxy) is 1. The molecule has 0 saturated carbocycles. The zero-order valence-electron chi connectivity index (χ0n) is 14.1. The zero-order valence-corrected chi connectivity index (χ0v) is 14.1. The van der Waals surface area contributed by atoms with Crippen LogP contribution >= 0.6 is 0 Å². The van der Waals surface area contributed by atoms with Crippen LogP contribution in [-0.2, 0) is 11.6 Å². The van der Waals surface area contributed by atoms with Gasteiger partial charge in [0.15, 0.2) is 0 Å². The first kappa shape index (κ1) is 17.2. The molecule has 3 rings (SSSR count). The molecule has 0 saturated heterocycles. The van der Waals surface area contributed by atoms with Gasteiger partial charge in [0.2, 0.25) is 5.69 Å². The third kappa shape index (κ3) is 3.73. The Labute approximate surface area is 143 Å². The molecule has 0 radical (unpaired) electrons. The molecular formula is C19H17F3N2O. The number of hydrogen-bond donors (Lipinski definition) is 0. The van der Waals surface area contributed by atoms with E-state index in [1.807, 2.05) is 12.1 Å². The number of rotatable bonds is 2. The minimum absolute atomic E-state index is 0.0571. The molecule has 1 heterocycles. The number of benzene rings is 2. The van der Waals surface area contributed by atoms with E-state index in [2.05, 4.69) is 30.7 Å². The topological polar surface area (TPSA) is 35.0 Å². The molecule has 130 valence electrons. The van der Waals surface area contributed by atoms with Gasteiger partial charge in [-0.05, 0) is 35.2 Å². The summed E-state index contributed by atoms with van der Waals surface area (Å²) in [5, 5.41) is 0. The number of halogens is 3. The van der Waals surface area contributed by atoms with Crippen molar-refractivity contribution in [2.24, 2.45) is 0 Å². The number of hydrogen-bond acceptors (Lipinski definition) is 3. The Morgan fingerprint density at radius 1 is 0.800 bits per heavy atom. The van der Waals surface area contributed by atoms with Crippen LogP contribution in [-0.4, -0.2) is 9.97 Å². The van der Waals surface area contributed by atoms with Crippen molar-refractivity contribution in [2.75, 3.05) is 0 Å². The molecule has 0 atom stereocenters. The number of aromatic nitrogens is 2. The van der Waals surface area contributed by atoms with Crippen LogP contribution in [0.5, 0.6) is 11.6 Å². The Balaban J connectivity index is 2.02. The van der Waals surface area contributed by atoms with E-state index in [1.165, 1.54) is 6.07 Å². The quantitative estimate of drug-likeness (QED) is 0.593. The van der Waals surface area contributed by atoms with E-state index in [-0.39, 0.29) is 16.7 Å². The van der Waals surface area contributed by atoms with Crippen molar-refractivity contribution in [3.8, 4) is 11.6 Å². The fraction of sp³-hybridized carbons (Fsp3) is 0.263. The summed E-state index contributed by atoms with van der Waals surface area (Å²) >= 11 is 0. The van der Waals surface area contributed by atoms with Crippen molar-refractivity contribution >= 4 is 11.0 Å². The Morgan fingerprint density at radius 3 is 1.88 bits per heavy atom. The van der Waals surface area contributed by atoms with Crippen LogP contribution in [0.25, 0.3) is 11.0 Å². The second-order valence-corrected chi connectivity index (χ2v) is 6.74. The number of fused-ring (bicyclic) bond motifs is 1. The van der Waals surface area contributed by atoms with Crippen LogP contribution < -0.4 is 4.74 Å². The molecule has 0 amide bonds. The normalized spacial score (nSPS) is 12.4. The molecule has 0 aliphatic rings. The summed E-state index contributed by atoms with van der Waals surface area (Å²) in [6.45, 7) is 6.16. The first-order chi connectivity index (χ1) is 11.6. The van der Waals surface area contributed by atoms with E-state index < -0.39 is 17.8 Å². The Bertz CT molecular complexity index is 897. The van der Waals surface area contributed by atoms with Crippen molar-refractivity contribution < 1.29 is 17.9 Å². The van der Waals surface area contributed by atoms with Crippen LogP contribution in [0.1, 0.15) is 32.0 Å². The highest BCUT2D eigenvalue weighted by atomic mass is 19.4. The largest absolute Gasteiger partial charge is 0.438 e. The van der Waals surface area contributed by atoms with Crippen molar-refractivity contribution in [3.05, 3.63) is 59.8 Å². The summed E-state index contributed by atoms with van der Waals surface area (Å²) in [6, 6.07) is 13.3. The van der Waals surface area contributed by atoms with Gasteiger partial charge in [-0.25, -0.2) is 9.97 Å². The van der Waals surface area contributed by atoms with Gasteiger partial charge in [-0.2, -0.15) is 13.2 Å². The van der Waals surface area contributed by atoms with E-state index in [1.54, 1.807) is 30.3 Å². The van der Waals surface area contributed by atoms with Crippen molar-refractivity contribution in [1.82, 2.24) is 9.97 Å². The summed E-state index contributed by atoms with van der Waals surface area (Å²) in [7, 11) is 0. The standard InChI is InChI=1S/C19H17F3N2O/c1-18(2,3)12-8-10-13(11-9-12)25-17-16(19(20,21)22)23-14-6-4-5-7-15(14)24-17/h4-11H,1-3H3. The van der Waals surface area contributed by atoms with Crippen LogP contribution in [0, 0.1) is 0 Å². The highest BCUT2D eigenvalue weighted by Gasteiger charge is 2.38. The Hall–Kier alpha value is -2.63. The number of para-hydroxylation sites is 2. The number of alkyl halides is 3. The van der Waals surface area contributed by atoms with Gasteiger partial charge in [0.1, 0.15) is 5.75 Å². The molecule has 0 aliphatic carbocycles. The molecule has 3 nitrogen and oxygen atoms in total. The predicted octanol–water partition coefficient (Wildman–Crippen LogP) is 5.74. The predicted molar refractivity (Wildman–Crippen MR) is 89.8 cm³/mol. The van der Waals surface area contributed by atoms with E-state index in [0.29, 0.717) is 5.52 Å². The van der Waals surface area contributed by atoms with E-state index in [9.17, 15) is 13.2 Å². The molecule has 1 aromatic heterocycles. The van der Waals surface area contributed by atoms with Crippen LogP contribution in [0.2, 0.25) is 0 Å². The minimum atomic E-state index is -4.66. The monoisotopic (exact) mass is 346 g/mol. The Kier molecular flexibility index (Phi) is 4.14. The lowest BCUT2D eigenvalue weighted by Crippen LogP contribution is -2.12. The van der Waals surface area contributed by atoms with Gasteiger partial charge in [0.25, 0.3) is 5.88 Å². The zero-order chi connectivity index (χ0) is 18.2. The van der Waals surface area contributed by atoms with Crippen molar-refractivity contribution in [1.29, 1.82) is 0 Å². The molecule has 0 N–H and O–H groups in total. The third-order valence-corrected chi connectivity index (χ3v) is 3.74. The molecule has 25 heavy (non-hydrogen) atoms. The molecule has 2 aromatic carbocycles. The molecule has 3 aromatic rings. The lowest BCUT2D eigenvalue weighted by atomic mass is 9.87. The van der Waals surface area contributed by atoms with E-state index in [4.69, 9.17) is 4.74 Å². The molecule has 0 aliphatic heterocycles. The maximum Gasteiger partial charge on any atom is 0.438 e. The summed E-state index contributed by atoms with van der Waals surface area (Å²) in [5.41, 5.74) is 0.381. The third-order valence-electron chi connectivity index (χ3n) is 3.74. The van der Waals surface area contributed by atoms with Crippen LogP contribution in [0.15, 0.2) is 48.5 Å². The summed E-state index contributed by atoms with van der Waals surface area (Å²) in [5.74, 6) is -0.266. The van der Waals surface area contributed by atoms with E-state index >= 15 is 0 Å². The smallest absolute Gasteiger partial charge is 0.437 e. The van der Waals surface area contributed by atoms with Crippen LogP contribution in [0.4, 0.5) is 13.2 Å². The van der Waals surface area contributed by atoms with Gasteiger partial charge in [0.05, 0.1) is 11.0 Å². The number of nitrogens with zero attached hydrogens (tertiary/aromatic N) is 2. The molecule has 6 heteroatoms. The van der Waals surface area contributed by atoms with Crippen molar-refractivity contribution in [3.63, 3.8) is 0 Å². The molecule has 0 unspecified atom stereocenters. The highest BCUT2D eigenvalue weighted by molar-refractivity contribution is 5.74. The first-order valence-corrected chi connectivity index (χ1v) is 7.77.